The molecular formula is C22H17N5O6. The minimum atomic E-state index is -0.642. The van der Waals surface area contributed by atoms with Crippen LogP contribution >= 0.6 is 0 Å². The van der Waals surface area contributed by atoms with Crippen molar-refractivity contribution in [2.75, 3.05) is 0 Å². The Morgan fingerprint density at radius 2 is 1.73 bits per heavy atom. The molecule has 2 N–H and O–H groups in total. The van der Waals surface area contributed by atoms with Crippen LogP contribution in [0.2, 0.25) is 0 Å². The molecule has 2 aromatic heterocycles. The molecule has 0 aliphatic rings. The maximum Gasteiger partial charge on any atom is 0.305 e. The molecule has 0 bridgehead atoms. The lowest BCUT2D eigenvalue weighted by Gasteiger charge is -2.05. The molecule has 2 amide bonds. The number of non-ortho nitro benzene ring substituents is 1. The minimum Gasteiger partial charge on any atom is -0.486 e. The van der Waals surface area contributed by atoms with Crippen LogP contribution in [0.5, 0.6) is 5.75 Å². The second-order valence-electron chi connectivity index (χ2n) is 6.72. The molecule has 0 saturated carbocycles. The number of aromatic nitrogens is 2. The highest BCUT2D eigenvalue weighted by atomic mass is 16.6. The predicted octanol–water partition coefficient (Wildman–Crippen LogP) is 3.03. The topological polar surface area (TPSA) is 142 Å². The Morgan fingerprint density at radius 3 is 2.45 bits per heavy atom. The molecule has 33 heavy (non-hydrogen) atoms. The van der Waals surface area contributed by atoms with Crippen LogP contribution in [0.15, 0.2) is 83.5 Å². The third-order valence-electron chi connectivity index (χ3n) is 4.47. The second kappa shape index (κ2) is 9.47. The lowest BCUT2D eigenvalue weighted by atomic mass is 10.3. The first kappa shape index (κ1) is 21.3. The van der Waals surface area contributed by atoms with Crippen molar-refractivity contribution in [3.05, 3.63) is 106 Å². The Hall–Kier alpha value is -4.93. The maximum atomic E-state index is 12.3. The number of nitrogens with zero attached hydrogens (tertiary/aromatic N) is 3. The van der Waals surface area contributed by atoms with Crippen LogP contribution in [-0.2, 0) is 6.61 Å². The Kier molecular flexibility index (Phi) is 6.12. The van der Waals surface area contributed by atoms with Crippen LogP contribution in [0.1, 0.15) is 26.7 Å². The molecule has 11 heteroatoms. The minimum absolute atomic E-state index is 0.00327. The van der Waals surface area contributed by atoms with Crippen LogP contribution < -0.4 is 15.6 Å². The molecule has 0 unspecified atom stereocenters. The normalized spacial score (nSPS) is 10.4. The van der Waals surface area contributed by atoms with Crippen molar-refractivity contribution in [2.45, 2.75) is 6.61 Å². The van der Waals surface area contributed by atoms with Crippen molar-refractivity contribution in [3.8, 4) is 11.4 Å². The van der Waals surface area contributed by atoms with E-state index >= 15 is 0 Å². The summed E-state index contributed by atoms with van der Waals surface area (Å²) < 4.78 is 12.4. The van der Waals surface area contributed by atoms with Gasteiger partial charge in [0.15, 0.2) is 5.76 Å². The molecule has 0 saturated heterocycles. The zero-order valence-electron chi connectivity index (χ0n) is 17.0. The summed E-state index contributed by atoms with van der Waals surface area (Å²) in [6.07, 6.45) is 2.73. The number of carbonyl (C=O) groups excluding carboxylic acids is 2. The number of nitro groups is 1. The van der Waals surface area contributed by atoms with Crippen LogP contribution in [0.4, 0.5) is 5.69 Å². The van der Waals surface area contributed by atoms with Gasteiger partial charge in [-0.3, -0.25) is 30.6 Å². The summed E-state index contributed by atoms with van der Waals surface area (Å²) in [6.45, 7) is 0.144. The van der Waals surface area contributed by atoms with Crippen molar-refractivity contribution in [1.82, 2.24) is 20.6 Å². The number of ether oxygens (including phenoxy) is 1. The van der Waals surface area contributed by atoms with Gasteiger partial charge in [-0.2, -0.15) is 5.10 Å². The SMILES string of the molecule is O=C(NNC(=O)c1ccc(COc2ccccc2)o1)c1cnn(-c2ccc([N+](=O)[O-])cc2)c1. The molecule has 166 valence electrons. The Balaban J connectivity index is 1.30. The monoisotopic (exact) mass is 447 g/mol. The average Bonchev–Trinajstić information content (AvgIpc) is 3.52. The van der Waals surface area contributed by atoms with E-state index in [0.29, 0.717) is 17.2 Å². The molecule has 0 radical (unpaired) electrons. The quantitative estimate of drug-likeness (QED) is 0.328. The standard InChI is InChI=1S/C22H17N5O6/c28-21(15-12-23-26(13-15)16-6-8-17(9-7-16)27(30)31)24-25-22(29)20-11-10-19(33-20)14-32-18-4-2-1-3-5-18/h1-13H,14H2,(H,24,28)(H,25,29). The van der Waals surface area contributed by atoms with E-state index in [2.05, 4.69) is 16.0 Å². The largest absolute Gasteiger partial charge is 0.486 e. The summed E-state index contributed by atoms with van der Waals surface area (Å²) in [5, 5.41) is 14.8. The fourth-order valence-corrected chi connectivity index (χ4v) is 2.80. The van der Waals surface area contributed by atoms with E-state index in [1.807, 2.05) is 18.2 Å². The summed E-state index contributed by atoms with van der Waals surface area (Å²) in [4.78, 5) is 34.8. The highest BCUT2D eigenvalue weighted by molar-refractivity contribution is 5.97. The van der Waals surface area contributed by atoms with Crippen molar-refractivity contribution in [1.29, 1.82) is 0 Å². The first-order valence-electron chi connectivity index (χ1n) is 9.66. The van der Waals surface area contributed by atoms with E-state index < -0.39 is 16.7 Å². The van der Waals surface area contributed by atoms with Crippen LogP contribution in [0.25, 0.3) is 5.69 Å². The number of hydrazine groups is 1. The molecule has 0 aliphatic carbocycles. The smallest absolute Gasteiger partial charge is 0.305 e. The van der Waals surface area contributed by atoms with E-state index in [1.165, 1.54) is 47.4 Å². The molecule has 2 heterocycles. The summed E-state index contributed by atoms with van der Waals surface area (Å²) in [5.41, 5.74) is 5.20. The third-order valence-corrected chi connectivity index (χ3v) is 4.47. The van der Waals surface area contributed by atoms with Gasteiger partial charge in [-0.25, -0.2) is 4.68 Å². The van der Waals surface area contributed by atoms with E-state index in [0.717, 1.165) is 0 Å². The number of nitrogens with one attached hydrogen (secondary N) is 2. The van der Waals surface area contributed by atoms with Gasteiger partial charge < -0.3 is 9.15 Å². The van der Waals surface area contributed by atoms with Gasteiger partial charge in [0.05, 0.1) is 22.4 Å². The molecule has 0 atom stereocenters. The van der Waals surface area contributed by atoms with Gasteiger partial charge >= 0.3 is 5.91 Å². The number of nitro benzene ring substituents is 1. The van der Waals surface area contributed by atoms with Gasteiger partial charge in [-0.05, 0) is 36.4 Å². The maximum absolute atomic E-state index is 12.3. The zero-order valence-corrected chi connectivity index (χ0v) is 17.0. The summed E-state index contributed by atoms with van der Waals surface area (Å²) in [6, 6.07) is 17.9. The average molecular weight is 447 g/mol. The predicted molar refractivity (Wildman–Crippen MR) is 115 cm³/mol. The Morgan fingerprint density at radius 1 is 1.00 bits per heavy atom. The zero-order chi connectivity index (χ0) is 23.2. The fourth-order valence-electron chi connectivity index (χ4n) is 2.80. The number of furan rings is 1. The first-order valence-corrected chi connectivity index (χ1v) is 9.66. The number of carbonyl (C=O) groups is 2. The van der Waals surface area contributed by atoms with Gasteiger partial charge in [0.1, 0.15) is 18.1 Å². The summed E-state index contributed by atoms with van der Waals surface area (Å²) in [5.74, 6) is -0.127. The molecule has 0 aliphatic heterocycles. The molecule has 2 aromatic carbocycles. The molecular weight excluding hydrogens is 430 g/mol. The number of hydrogen-bond donors (Lipinski definition) is 2. The van der Waals surface area contributed by atoms with Gasteiger partial charge in [-0.1, -0.05) is 18.2 Å². The molecule has 4 rings (SSSR count). The van der Waals surface area contributed by atoms with E-state index in [9.17, 15) is 19.7 Å². The van der Waals surface area contributed by atoms with Crippen molar-refractivity contribution < 1.29 is 23.7 Å². The number of amides is 2. The van der Waals surface area contributed by atoms with Crippen LogP contribution in [0, 0.1) is 10.1 Å². The molecule has 11 nitrogen and oxygen atoms in total. The molecule has 0 spiro atoms. The highest BCUT2D eigenvalue weighted by Gasteiger charge is 2.15. The fraction of sp³-hybridized carbons (Fsp3) is 0.0455. The highest BCUT2D eigenvalue weighted by Crippen LogP contribution is 2.16. The lowest BCUT2D eigenvalue weighted by Crippen LogP contribution is -2.41. The van der Waals surface area contributed by atoms with Crippen LogP contribution in [-0.4, -0.2) is 26.5 Å². The van der Waals surface area contributed by atoms with E-state index in [4.69, 9.17) is 9.15 Å². The second-order valence-corrected chi connectivity index (χ2v) is 6.72. The van der Waals surface area contributed by atoms with Crippen LogP contribution in [0.3, 0.4) is 0 Å². The van der Waals surface area contributed by atoms with E-state index in [-0.39, 0.29) is 23.6 Å². The van der Waals surface area contributed by atoms with Gasteiger partial charge in [0.25, 0.3) is 11.6 Å². The summed E-state index contributed by atoms with van der Waals surface area (Å²) in [7, 11) is 0. The van der Waals surface area contributed by atoms with Gasteiger partial charge in [0, 0.05) is 18.3 Å². The Labute approximate surface area is 186 Å². The number of rotatable bonds is 7. The molecule has 0 fully saturated rings. The van der Waals surface area contributed by atoms with Crippen molar-refractivity contribution in [3.63, 3.8) is 0 Å². The van der Waals surface area contributed by atoms with Gasteiger partial charge in [-0.15, -0.1) is 0 Å². The van der Waals surface area contributed by atoms with Gasteiger partial charge in [0.2, 0.25) is 0 Å². The lowest BCUT2D eigenvalue weighted by molar-refractivity contribution is -0.384. The number of benzene rings is 2. The van der Waals surface area contributed by atoms with E-state index in [1.54, 1.807) is 18.2 Å². The molecule has 4 aromatic rings. The van der Waals surface area contributed by atoms with Crippen molar-refractivity contribution in [2.24, 2.45) is 0 Å². The number of para-hydroxylation sites is 1. The Bertz CT molecular complexity index is 1280. The summed E-state index contributed by atoms with van der Waals surface area (Å²) >= 11 is 0. The number of hydrogen-bond acceptors (Lipinski definition) is 7. The van der Waals surface area contributed by atoms with Crippen molar-refractivity contribution >= 4 is 17.5 Å². The first-order chi connectivity index (χ1) is 16.0. The third kappa shape index (κ3) is 5.22.